The monoisotopic (exact) mass is 459 g/mol. The number of benzene rings is 1. The Bertz CT molecular complexity index is 1040. The van der Waals surface area contributed by atoms with Gasteiger partial charge in [0.25, 0.3) is 5.91 Å². The van der Waals surface area contributed by atoms with Gasteiger partial charge in [-0.05, 0) is 37.6 Å². The van der Waals surface area contributed by atoms with Gasteiger partial charge in [-0.3, -0.25) is 9.69 Å². The van der Waals surface area contributed by atoms with Crippen LogP contribution in [0.4, 0.5) is 0 Å². The third kappa shape index (κ3) is 5.05. The van der Waals surface area contributed by atoms with Crippen molar-refractivity contribution in [3.63, 3.8) is 0 Å². The molecule has 162 valence electrons. The Balaban J connectivity index is 1.78. The maximum absolute atomic E-state index is 12.8. The first-order valence-corrected chi connectivity index (χ1v) is 11.0. The van der Waals surface area contributed by atoms with Crippen LogP contribution in [0.1, 0.15) is 42.8 Å². The molecule has 2 aromatic rings. The van der Waals surface area contributed by atoms with Crippen LogP contribution in [-0.4, -0.2) is 44.8 Å². The normalized spacial score (nSPS) is 16.1. The van der Waals surface area contributed by atoms with Crippen molar-refractivity contribution in [2.45, 2.75) is 32.7 Å². The molecule has 1 fully saturated rings. The van der Waals surface area contributed by atoms with E-state index in [1.807, 2.05) is 6.92 Å². The van der Waals surface area contributed by atoms with Gasteiger partial charge in [-0.1, -0.05) is 49.5 Å². The Hall–Kier alpha value is -2.91. The van der Waals surface area contributed by atoms with Crippen molar-refractivity contribution >= 4 is 52.2 Å². The van der Waals surface area contributed by atoms with Crippen LogP contribution in [0.5, 0.6) is 0 Å². The second-order valence-electron chi connectivity index (χ2n) is 6.69. The molecule has 1 aromatic carbocycles. The molecule has 1 saturated heterocycles. The van der Waals surface area contributed by atoms with Crippen LogP contribution in [0.25, 0.3) is 17.4 Å². The van der Waals surface area contributed by atoms with Crippen LogP contribution in [0, 0.1) is 0 Å². The fraction of sp³-hybridized carbons (Fsp3) is 0.273. The number of esters is 1. The summed E-state index contributed by atoms with van der Waals surface area (Å²) in [6.45, 7) is 3.91. The van der Waals surface area contributed by atoms with E-state index < -0.39 is 17.9 Å². The largest absolute Gasteiger partial charge is 0.480 e. The number of nitrogens with zero attached hydrogens (tertiary/aromatic N) is 1. The third-order valence-corrected chi connectivity index (χ3v) is 5.89. The van der Waals surface area contributed by atoms with E-state index in [4.69, 9.17) is 21.4 Å². The van der Waals surface area contributed by atoms with Crippen LogP contribution in [-0.2, 0) is 14.3 Å². The number of furan rings is 1. The van der Waals surface area contributed by atoms with Crippen molar-refractivity contribution in [1.82, 2.24) is 4.90 Å². The minimum absolute atomic E-state index is 0.221. The SMILES string of the molecule is CCC[C@H](C(=O)O)N1C(=O)/C(=C\c2ccc(-c3ccc(C(=O)OCC)cc3)o2)SC1=S. The molecule has 1 aromatic heterocycles. The molecular formula is C22H21NO6S2. The lowest BCUT2D eigenvalue weighted by Crippen LogP contribution is -2.43. The molecule has 0 radical (unpaired) electrons. The van der Waals surface area contributed by atoms with E-state index in [-0.39, 0.29) is 10.3 Å². The summed E-state index contributed by atoms with van der Waals surface area (Å²) < 4.78 is 11.0. The van der Waals surface area contributed by atoms with Crippen LogP contribution in [0.15, 0.2) is 45.7 Å². The molecule has 0 unspecified atom stereocenters. The van der Waals surface area contributed by atoms with E-state index in [0.717, 1.165) is 22.2 Å². The lowest BCUT2D eigenvalue weighted by molar-refractivity contribution is -0.145. The highest BCUT2D eigenvalue weighted by Crippen LogP contribution is 2.35. The standard InChI is InChI=1S/C22H21NO6S2/c1-3-5-16(20(25)26)23-19(24)18(31-22(23)30)12-15-10-11-17(29-15)13-6-8-14(9-7-13)21(27)28-4-2/h6-12,16H,3-5H2,1-2H3,(H,25,26)/b18-12+/t16-/m1/s1. The molecule has 0 spiro atoms. The lowest BCUT2D eigenvalue weighted by Gasteiger charge is -2.22. The van der Waals surface area contributed by atoms with Gasteiger partial charge >= 0.3 is 11.9 Å². The second-order valence-corrected chi connectivity index (χ2v) is 8.37. The molecule has 31 heavy (non-hydrogen) atoms. The van der Waals surface area contributed by atoms with E-state index in [9.17, 15) is 19.5 Å². The fourth-order valence-electron chi connectivity index (χ4n) is 3.08. The number of aliphatic carboxylic acids is 1. The number of ether oxygens (including phenoxy) is 1. The summed E-state index contributed by atoms with van der Waals surface area (Å²) in [5.74, 6) is -0.906. The lowest BCUT2D eigenvalue weighted by atomic mass is 10.1. The van der Waals surface area contributed by atoms with Gasteiger partial charge in [0.1, 0.15) is 21.9 Å². The average Bonchev–Trinajstić information content (AvgIpc) is 3.31. The Morgan fingerprint density at radius 1 is 1.23 bits per heavy atom. The van der Waals surface area contributed by atoms with E-state index in [1.165, 1.54) is 0 Å². The molecule has 1 aliphatic rings. The summed E-state index contributed by atoms with van der Waals surface area (Å²) in [6, 6.07) is 9.28. The van der Waals surface area contributed by atoms with Crippen LogP contribution < -0.4 is 0 Å². The minimum Gasteiger partial charge on any atom is -0.480 e. The van der Waals surface area contributed by atoms with Crippen molar-refractivity contribution < 1.29 is 28.6 Å². The smallest absolute Gasteiger partial charge is 0.338 e. The number of thiocarbonyl (C=S) groups is 1. The van der Waals surface area contributed by atoms with Crippen LogP contribution >= 0.6 is 24.0 Å². The zero-order valence-electron chi connectivity index (χ0n) is 17.0. The van der Waals surface area contributed by atoms with E-state index in [2.05, 4.69) is 0 Å². The molecule has 0 aliphatic carbocycles. The molecule has 9 heteroatoms. The summed E-state index contributed by atoms with van der Waals surface area (Å²) in [4.78, 5) is 37.6. The van der Waals surface area contributed by atoms with Crippen molar-refractivity contribution in [2.24, 2.45) is 0 Å². The molecule has 0 saturated carbocycles. The summed E-state index contributed by atoms with van der Waals surface area (Å²) in [7, 11) is 0. The zero-order valence-corrected chi connectivity index (χ0v) is 18.6. The molecule has 0 bridgehead atoms. The van der Waals surface area contributed by atoms with Crippen LogP contribution in [0.3, 0.4) is 0 Å². The highest BCUT2D eigenvalue weighted by Gasteiger charge is 2.40. The minimum atomic E-state index is -1.08. The number of hydrogen-bond acceptors (Lipinski definition) is 7. The number of thioether (sulfide) groups is 1. The molecule has 1 amide bonds. The highest BCUT2D eigenvalue weighted by molar-refractivity contribution is 8.26. The van der Waals surface area contributed by atoms with Crippen molar-refractivity contribution in [3.8, 4) is 11.3 Å². The van der Waals surface area contributed by atoms with Crippen molar-refractivity contribution in [1.29, 1.82) is 0 Å². The number of carboxylic acids is 1. The number of amides is 1. The maximum atomic E-state index is 12.8. The molecule has 1 atom stereocenters. The van der Waals surface area contributed by atoms with Gasteiger partial charge in [0.2, 0.25) is 0 Å². The Labute approximate surface area is 189 Å². The topological polar surface area (TPSA) is 97.1 Å². The van der Waals surface area contributed by atoms with Crippen molar-refractivity contribution in [3.05, 3.63) is 52.6 Å². The maximum Gasteiger partial charge on any atom is 0.338 e. The van der Waals surface area contributed by atoms with Gasteiger partial charge < -0.3 is 14.3 Å². The molecule has 2 heterocycles. The fourth-order valence-corrected chi connectivity index (χ4v) is 4.42. The highest BCUT2D eigenvalue weighted by atomic mass is 32.2. The van der Waals surface area contributed by atoms with E-state index in [1.54, 1.807) is 49.4 Å². The molecule has 7 nitrogen and oxygen atoms in total. The molecule has 1 N–H and O–H groups in total. The van der Waals surface area contributed by atoms with Crippen molar-refractivity contribution in [2.75, 3.05) is 6.61 Å². The van der Waals surface area contributed by atoms with Crippen LogP contribution in [0.2, 0.25) is 0 Å². The first kappa shape index (κ1) is 22.8. The predicted octanol–water partition coefficient (Wildman–Crippen LogP) is 4.58. The number of hydrogen-bond donors (Lipinski definition) is 1. The first-order valence-electron chi connectivity index (χ1n) is 9.73. The number of carboxylic acid groups (broad SMARTS) is 1. The van der Waals surface area contributed by atoms with Gasteiger partial charge in [0.15, 0.2) is 0 Å². The van der Waals surface area contributed by atoms with E-state index in [0.29, 0.717) is 41.4 Å². The Kier molecular flexibility index (Phi) is 7.29. The van der Waals surface area contributed by atoms with Gasteiger partial charge in [0.05, 0.1) is 17.1 Å². The number of carbonyl (C=O) groups is 3. The first-order chi connectivity index (χ1) is 14.8. The Morgan fingerprint density at radius 2 is 1.94 bits per heavy atom. The third-order valence-electron chi connectivity index (χ3n) is 4.56. The molecule has 1 aliphatic heterocycles. The van der Waals surface area contributed by atoms with Gasteiger partial charge in [-0.15, -0.1) is 0 Å². The van der Waals surface area contributed by atoms with Gasteiger partial charge in [0, 0.05) is 11.6 Å². The summed E-state index contributed by atoms with van der Waals surface area (Å²) in [6.07, 6.45) is 2.49. The molecule has 3 rings (SSSR count). The van der Waals surface area contributed by atoms with E-state index >= 15 is 0 Å². The molecular weight excluding hydrogens is 438 g/mol. The number of carbonyl (C=O) groups excluding carboxylic acids is 2. The van der Waals surface area contributed by atoms with Gasteiger partial charge in [-0.25, -0.2) is 9.59 Å². The second kappa shape index (κ2) is 9.93. The Morgan fingerprint density at radius 3 is 2.55 bits per heavy atom. The number of rotatable bonds is 8. The summed E-state index contributed by atoms with van der Waals surface area (Å²) in [5, 5.41) is 9.46. The summed E-state index contributed by atoms with van der Waals surface area (Å²) in [5.41, 5.74) is 1.20. The quantitative estimate of drug-likeness (QED) is 0.348. The zero-order chi connectivity index (χ0) is 22.5. The summed E-state index contributed by atoms with van der Waals surface area (Å²) >= 11 is 6.31. The van der Waals surface area contributed by atoms with Gasteiger partial charge in [-0.2, -0.15) is 0 Å². The predicted molar refractivity (Wildman–Crippen MR) is 121 cm³/mol. The average molecular weight is 460 g/mol.